The third-order valence-corrected chi connectivity index (χ3v) is 7.64. The predicted octanol–water partition coefficient (Wildman–Crippen LogP) is 5.92. The Balaban J connectivity index is 1.70. The Hall–Kier alpha value is -2.40. The maximum absolute atomic E-state index is 13.1. The number of carbonyl (C=O) groups excluding carboxylic acids is 1. The quantitative estimate of drug-likeness (QED) is 0.571. The van der Waals surface area contributed by atoms with Crippen LogP contribution in [0.2, 0.25) is 0 Å². The van der Waals surface area contributed by atoms with E-state index in [9.17, 15) is 4.79 Å². The van der Waals surface area contributed by atoms with Gasteiger partial charge in [0.05, 0.1) is 5.92 Å². The maximum Gasteiger partial charge on any atom is 0.232 e. The van der Waals surface area contributed by atoms with Crippen LogP contribution < -0.4 is 10.2 Å². The lowest BCUT2D eigenvalue weighted by Crippen LogP contribution is -2.46. The molecule has 1 aromatic carbocycles. The number of rotatable bonds is 7. The van der Waals surface area contributed by atoms with E-state index in [-0.39, 0.29) is 11.8 Å². The first-order valence-electron chi connectivity index (χ1n) is 12.7. The second kappa shape index (κ2) is 10.3. The van der Waals surface area contributed by atoms with Gasteiger partial charge in [0.25, 0.3) is 0 Å². The minimum atomic E-state index is -0.203. The minimum Gasteiger partial charge on any atom is -0.363 e. The molecule has 1 fully saturated rings. The molecule has 1 N–H and O–H groups in total. The largest absolute Gasteiger partial charge is 0.363 e. The monoisotopic (exact) mass is 448 g/mol. The summed E-state index contributed by atoms with van der Waals surface area (Å²) in [6.45, 7) is 7.07. The van der Waals surface area contributed by atoms with Crippen molar-refractivity contribution in [3.05, 3.63) is 53.2 Å². The summed E-state index contributed by atoms with van der Waals surface area (Å²) in [6.07, 6.45) is 10.0. The normalized spacial score (nSPS) is 24.2. The molecular weight excluding hydrogens is 408 g/mol. The topological polar surface area (TPSA) is 48.5 Å². The highest BCUT2D eigenvalue weighted by Crippen LogP contribution is 2.42. The molecule has 0 radical (unpaired) electrons. The fourth-order valence-electron chi connectivity index (χ4n) is 5.83. The molecule has 2 aliphatic rings. The van der Waals surface area contributed by atoms with Gasteiger partial charge in [-0.15, -0.1) is 0 Å². The fraction of sp³-hybridized carbons (Fsp3) is 0.571. The average Bonchev–Trinajstić information content (AvgIpc) is 2.80. The molecule has 4 atom stereocenters. The van der Waals surface area contributed by atoms with Crippen molar-refractivity contribution in [3.63, 3.8) is 0 Å². The lowest BCUT2D eigenvalue weighted by molar-refractivity contribution is -0.117. The number of fused-ring (bicyclic) bond motifs is 1. The summed E-state index contributed by atoms with van der Waals surface area (Å²) in [4.78, 5) is 22.4. The molecule has 4 rings (SSSR count). The Morgan fingerprint density at radius 1 is 1.15 bits per heavy atom. The van der Waals surface area contributed by atoms with Gasteiger partial charge in [-0.1, -0.05) is 44.4 Å². The van der Waals surface area contributed by atoms with Crippen molar-refractivity contribution in [2.24, 2.45) is 0 Å². The third-order valence-electron chi connectivity index (χ3n) is 7.64. The van der Waals surface area contributed by atoms with Crippen LogP contribution in [-0.4, -0.2) is 42.0 Å². The fourth-order valence-corrected chi connectivity index (χ4v) is 5.83. The van der Waals surface area contributed by atoms with Crippen LogP contribution in [-0.2, 0) is 11.2 Å². The Labute approximate surface area is 199 Å². The summed E-state index contributed by atoms with van der Waals surface area (Å²) >= 11 is 0. The lowest BCUT2D eigenvalue weighted by atomic mass is 9.82. The number of anilines is 2. The van der Waals surface area contributed by atoms with E-state index >= 15 is 0 Å². The van der Waals surface area contributed by atoms with Gasteiger partial charge >= 0.3 is 0 Å². The van der Waals surface area contributed by atoms with Gasteiger partial charge in [0, 0.05) is 44.1 Å². The summed E-state index contributed by atoms with van der Waals surface area (Å²) in [5, 5.41) is 3.23. The Bertz CT molecular complexity index is 945. The highest BCUT2D eigenvalue weighted by molar-refractivity contribution is 5.99. The van der Waals surface area contributed by atoms with Crippen molar-refractivity contribution in [3.8, 4) is 0 Å². The van der Waals surface area contributed by atoms with Crippen LogP contribution in [0.1, 0.15) is 87.9 Å². The number of piperidine rings is 1. The number of carbonyl (C=O) groups is 1. The molecule has 2 aliphatic heterocycles. The molecule has 5 heteroatoms. The van der Waals surface area contributed by atoms with E-state index in [1.165, 1.54) is 49.7 Å². The Kier molecular flexibility index (Phi) is 7.38. The van der Waals surface area contributed by atoms with Crippen LogP contribution in [0.15, 0.2) is 36.5 Å². The van der Waals surface area contributed by atoms with Crippen LogP contribution in [0.4, 0.5) is 11.5 Å². The summed E-state index contributed by atoms with van der Waals surface area (Å²) in [6, 6.07) is 12.1. The molecule has 2 aromatic rings. The molecule has 5 nitrogen and oxygen atoms in total. The minimum absolute atomic E-state index is 0.0730. The first-order chi connectivity index (χ1) is 15.9. The second-order valence-corrected chi connectivity index (χ2v) is 10.2. The number of hydrogen-bond acceptors (Lipinski definition) is 4. The summed E-state index contributed by atoms with van der Waals surface area (Å²) < 4.78 is 0. The number of likely N-dealkylation sites (tertiary alicyclic amines) is 1. The van der Waals surface area contributed by atoms with E-state index in [1.54, 1.807) is 0 Å². The van der Waals surface area contributed by atoms with E-state index in [1.807, 2.05) is 31.3 Å². The summed E-state index contributed by atoms with van der Waals surface area (Å²) in [5.41, 5.74) is 4.70. The van der Waals surface area contributed by atoms with Crippen LogP contribution >= 0.6 is 0 Å². The maximum atomic E-state index is 13.1. The van der Waals surface area contributed by atoms with E-state index < -0.39 is 0 Å². The molecule has 1 amide bonds. The number of hydrogen-bond donors (Lipinski definition) is 1. The van der Waals surface area contributed by atoms with E-state index in [4.69, 9.17) is 0 Å². The number of nitrogens with one attached hydrogen (secondary N) is 1. The Morgan fingerprint density at radius 3 is 2.55 bits per heavy atom. The van der Waals surface area contributed by atoms with Gasteiger partial charge in [0.15, 0.2) is 0 Å². The van der Waals surface area contributed by atoms with Gasteiger partial charge < -0.3 is 10.2 Å². The van der Waals surface area contributed by atoms with Gasteiger partial charge in [-0.25, -0.2) is 4.98 Å². The molecular formula is C28H40N4O. The van der Waals surface area contributed by atoms with Crippen LogP contribution in [0.5, 0.6) is 0 Å². The van der Waals surface area contributed by atoms with Crippen LogP contribution in [0.3, 0.4) is 0 Å². The van der Waals surface area contributed by atoms with Crippen molar-refractivity contribution in [2.45, 2.75) is 89.8 Å². The molecule has 33 heavy (non-hydrogen) atoms. The van der Waals surface area contributed by atoms with Crippen molar-refractivity contribution in [1.29, 1.82) is 0 Å². The Morgan fingerprint density at radius 2 is 1.91 bits per heavy atom. The van der Waals surface area contributed by atoms with Crippen molar-refractivity contribution < 1.29 is 4.79 Å². The zero-order valence-electron chi connectivity index (χ0n) is 21.0. The van der Waals surface area contributed by atoms with Crippen LogP contribution in [0, 0.1) is 0 Å². The second-order valence-electron chi connectivity index (χ2n) is 10.2. The molecule has 1 aromatic heterocycles. The van der Waals surface area contributed by atoms with Gasteiger partial charge in [-0.3, -0.25) is 9.69 Å². The molecule has 1 saturated heterocycles. The standard InChI is InChI=1S/C28H40N4O/c1-6-7-14-26(32-19(2)10-8-11-20(32)3)22-12-9-13-25-24(22)17-23(28(33)30-25)21-15-16-27(29-18-21)31(4)5/h9,12-13,15-16,18-20,23,26H,6-8,10-11,14,17H2,1-5H3,(H,30,33). The van der Waals surface area contributed by atoms with E-state index in [2.05, 4.69) is 60.2 Å². The van der Waals surface area contributed by atoms with Gasteiger partial charge in [0.1, 0.15) is 5.82 Å². The number of nitrogens with zero attached hydrogens (tertiary/aromatic N) is 3. The molecule has 0 aliphatic carbocycles. The van der Waals surface area contributed by atoms with Gasteiger partial charge in [-0.05, 0) is 68.4 Å². The SMILES string of the molecule is CCCCC(c1cccc2c1CC(c1ccc(N(C)C)nc1)C(=O)N2)N1C(C)CCCC1C. The summed E-state index contributed by atoms with van der Waals surface area (Å²) in [7, 11) is 3.97. The zero-order chi connectivity index (χ0) is 23.5. The average molecular weight is 449 g/mol. The number of benzene rings is 1. The molecule has 0 spiro atoms. The molecule has 4 unspecified atom stereocenters. The van der Waals surface area contributed by atoms with Crippen LogP contribution in [0.25, 0.3) is 0 Å². The number of aromatic nitrogens is 1. The van der Waals surface area contributed by atoms with E-state index in [0.29, 0.717) is 18.1 Å². The molecule has 178 valence electrons. The molecule has 3 heterocycles. The number of unbranched alkanes of at least 4 members (excludes halogenated alkanes) is 1. The first-order valence-corrected chi connectivity index (χ1v) is 12.7. The predicted molar refractivity (Wildman–Crippen MR) is 137 cm³/mol. The number of pyridine rings is 1. The first kappa shape index (κ1) is 23.7. The van der Waals surface area contributed by atoms with E-state index in [0.717, 1.165) is 23.5 Å². The van der Waals surface area contributed by atoms with Crippen molar-refractivity contribution in [2.75, 3.05) is 24.3 Å². The lowest BCUT2D eigenvalue weighted by Gasteiger charge is -2.45. The summed E-state index contributed by atoms with van der Waals surface area (Å²) in [5.74, 6) is 0.776. The third kappa shape index (κ3) is 4.93. The number of amides is 1. The van der Waals surface area contributed by atoms with Gasteiger partial charge in [0.2, 0.25) is 5.91 Å². The zero-order valence-corrected chi connectivity index (χ0v) is 21.0. The highest BCUT2D eigenvalue weighted by atomic mass is 16.1. The van der Waals surface area contributed by atoms with Gasteiger partial charge in [-0.2, -0.15) is 0 Å². The van der Waals surface area contributed by atoms with Crippen molar-refractivity contribution >= 4 is 17.4 Å². The van der Waals surface area contributed by atoms with Crippen molar-refractivity contribution in [1.82, 2.24) is 9.88 Å². The smallest absolute Gasteiger partial charge is 0.232 e. The highest BCUT2D eigenvalue weighted by Gasteiger charge is 2.36. The molecule has 0 bridgehead atoms. The molecule has 0 saturated carbocycles.